The summed E-state index contributed by atoms with van der Waals surface area (Å²) in [6, 6.07) is 14.8. The Kier molecular flexibility index (Phi) is 5.98. The van der Waals surface area contributed by atoms with Crippen LogP contribution in [0.15, 0.2) is 70.0 Å². The van der Waals surface area contributed by atoms with Gasteiger partial charge in [0.05, 0.1) is 9.92 Å². The zero-order chi connectivity index (χ0) is 20.1. The van der Waals surface area contributed by atoms with E-state index in [1.807, 2.05) is 28.5 Å². The highest BCUT2D eigenvalue weighted by Crippen LogP contribution is 2.19. The summed E-state index contributed by atoms with van der Waals surface area (Å²) in [5, 5.41) is -0.358. The molecule has 0 aliphatic heterocycles. The second-order valence-electron chi connectivity index (χ2n) is 5.50. The molecule has 1 amide bonds. The molecule has 3 rings (SSSR count). The van der Waals surface area contributed by atoms with Gasteiger partial charge in [-0.05, 0) is 42.5 Å². The lowest BCUT2D eigenvalue weighted by atomic mass is 10.3. The third-order valence-corrected chi connectivity index (χ3v) is 5.05. The smallest absolute Gasteiger partial charge is 0.301 e. The molecule has 0 atom stereocenters. The lowest BCUT2D eigenvalue weighted by Gasteiger charge is -2.08. The van der Waals surface area contributed by atoms with Crippen molar-refractivity contribution < 1.29 is 26.8 Å². The van der Waals surface area contributed by atoms with Gasteiger partial charge in [0.1, 0.15) is 23.9 Å². The lowest BCUT2D eigenvalue weighted by Crippen LogP contribution is -2.41. The highest BCUT2D eigenvalue weighted by Gasteiger charge is 2.19. The predicted octanol–water partition coefficient (Wildman–Crippen LogP) is 3.27. The Morgan fingerprint density at radius 3 is 2.57 bits per heavy atom. The van der Waals surface area contributed by atoms with Crippen molar-refractivity contribution in [2.24, 2.45) is 0 Å². The number of amides is 1. The summed E-state index contributed by atoms with van der Waals surface area (Å²) in [4.78, 5) is 13.7. The van der Waals surface area contributed by atoms with Crippen molar-refractivity contribution in [1.82, 2.24) is 10.3 Å². The van der Waals surface area contributed by atoms with Crippen LogP contribution < -0.4 is 15.0 Å². The number of carbonyl (C=O) groups excluding carboxylic acids is 1. The number of para-hydroxylation sites is 1. The summed E-state index contributed by atoms with van der Waals surface area (Å²) in [5.74, 6) is -0.683. The molecule has 0 radical (unpaired) electrons. The van der Waals surface area contributed by atoms with Crippen molar-refractivity contribution in [3.63, 3.8) is 0 Å². The van der Waals surface area contributed by atoms with Gasteiger partial charge in [-0.3, -0.25) is 10.2 Å². The number of hydrazine groups is 1. The van der Waals surface area contributed by atoms with Gasteiger partial charge in [-0.1, -0.05) is 29.8 Å². The Labute approximate surface area is 165 Å². The summed E-state index contributed by atoms with van der Waals surface area (Å²) in [6.45, 7) is 0.0943. The van der Waals surface area contributed by atoms with Crippen molar-refractivity contribution in [3.05, 3.63) is 83.0 Å². The van der Waals surface area contributed by atoms with E-state index in [0.29, 0.717) is 11.5 Å². The fraction of sp³-hybridized carbons (Fsp3) is 0.0556. The van der Waals surface area contributed by atoms with Crippen molar-refractivity contribution >= 4 is 27.5 Å². The first-order valence-corrected chi connectivity index (χ1v) is 9.75. The van der Waals surface area contributed by atoms with Crippen LogP contribution in [-0.2, 0) is 16.6 Å². The van der Waals surface area contributed by atoms with Gasteiger partial charge >= 0.3 is 5.91 Å². The molecular formula is C18H14ClFN2O5S. The summed E-state index contributed by atoms with van der Waals surface area (Å²) >= 11 is 5.57. The molecule has 1 aromatic heterocycles. The largest absolute Gasteiger partial charge is 0.486 e. The number of nitrogens with one attached hydrogen (secondary N) is 2. The SMILES string of the molecule is O=C(NNS(=O)(=O)c1ccc(F)c(Cl)c1)c1ccc(COc2ccccc2)o1. The number of ether oxygens (including phenoxy) is 1. The zero-order valence-corrected chi connectivity index (χ0v) is 15.8. The number of furan rings is 1. The Morgan fingerprint density at radius 2 is 1.86 bits per heavy atom. The average molecular weight is 425 g/mol. The lowest BCUT2D eigenvalue weighted by molar-refractivity contribution is 0.0913. The number of rotatable bonds is 7. The van der Waals surface area contributed by atoms with Crippen LogP contribution >= 0.6 is 11.6 Å². The van der Waals surface area contributed by atoms with Crippen molar-refractivity contribution in [2.45, 2.75) is 11.5 Å². The fourth-order valence-corrected chi connectivity index (χ4v) is 3.24. The first kappa shape index (κ1) is 19.9. The molecule has 7 nitrogen and oxygen atoms in total. The number of carbonyl (C=O) groups is 1. The summed E-state index contributed by atoms with van der Waals surface area (Å²) in [7, 11) is -4.14. The third kappa shape index (κ3) is 4.89. The van der Waals surface area contributed by atoms with Crippen LogP contribution in [0.1, 0.15) is 16.3 Å². The number of hydrogen-bond donors (Lipinski definition) is 2. The quantitative estimate of drug-likeness (QED) is 0.567. The van der Waals surface area contributed by atoms with E-state index in [-0.39, 0.29) is 22.3 Å². The Bertz CT molecular complexity index is 1090. The molecule has 0 bridgehead atoms. The molecule has 146 valence electrons. The van der Waals surface area contributed by atoms with Gasteiger partial charge in [0.15, 0.2) is 5.76 Å². The van der Waals surface area contributed by atoms with Crippen LogP contribution in [0, 0.1) is 5.82 Å². The van der Waals surface area contributed by atoms with E-state index in [9.17, 15) is 17.6 Å². The van der Waals surface area contributed by atoms with Crippen LogP contribution in [0.5, 0.6) is 5.75 Å². The van der Waals surface area contributed by atoms with E-state index < -0.39 is 21.7 Å². The molecule has 1 heterocycles. The van der Waals surface area contributed by atoms with Gasteiger partial charge in [0.2, 0.25) is 0 Å². The molecule has 0 saturated heterocycles. The maximum absolute atomic E-state index is 13.2. The van der Waals surface area contributed by atoms with Crippen molar-refractivity contribution in [1.29, 1.82) is 0 Å². The fourth-order valence-electron chi connectivity index (χ4n) is 2.13. The highest BCUT2D eigenvalue weighted by atomic mass is 35.5. The van der Waals surface area contributed by atoms with Crippen molar-refractivity contribution in [2.75, 3.05) is 0 Å². The highest BCUT2D eigenvalue weighted by molar-refractivity contribution is 7.89. The molecule has 10 heteroatoms. The minimum absolute atomic E-state index is 0.0943. The van der Waals surface area contributed by atoms with Crippen molar-refractivity contribution in [3.8, 4) is 5.75 Å². The average Bonchev–Trinajstić information content (AvgIpc) is 3.16. The van der Waals surface area contributed by atoms with Gasteiger partial charge in [-0.2, -0.15) is 0 Å². The van der Waals surface area contributed by atoms with Gasteiger partial charge in [-0.15, -0.1) is 4.83 Å². The minimum atomic E-state index is -4.14. The van der Waals surface area contributed by atoms with E-state index in [2.05, 4.69) is 0 Å². The predicted molar refractivity (Wildman–Crippen MR) is 98.7 cm³/mol. The Hall–Kier alpha value is -2.88. The first-order chi connectivity index (χ1) is 13.3. The Morgan fingerprint density at radius 1 is 1.11 bits per heavy atom. The normalized spacial score (nSPS) is 11.2. The molecule has 3 aromatic rings. The second kappa shape index (κ2) is 8.42. The standard InChI is InChI=1S/C18H14ClFN2O5S/c19-15-10-14(7-8-16(15)20)28(24,25)22-21-18(23)17-9-6-13(27-17)11-26-12-4-2-1-3-5-12/h1-10,22H,11H2,(H,21,23). The van der Waals surface area contributed by atoms with E-state index >= 15 is 0 Å². The maximum atomic E-state index is 13.2. The topological polar surface area (TPSA) is 97.6 Å². The van der Waals surface area contributed by atoms with Gasteiger partial charge in [0.25, 0.3) is 10.0 Å². The van der Waals surface area contributed by atoms with Crippen LogP contribution in [0.3, 0.4) is 0 Å². The molecule has 0 saturated carbocycles. The summed E-state index contributed by atoms with van der Waals surface area (Å²) < 4.78 is 48.3. The summed E-state index contributed by atoms with van der Waals surface area (Å²) in [5.41, 5.74) is 2.01. The number of sulfonamides is 1. The molecular weight excluding hydrogens is 411 g/mol. The summed E-state index contributed by atoms with van der Waals surface area (Å²) in [6.07, 6.45) is 0. The number of halogens is 2. The van der Waals surface area contributed by atoms with E-state index in [1.54, 1.807) is 12.1 Å². The maximum Gasteiger partial charge on any atom is 0.301 e. The molecule has 0 unspecified atom stereocenters. The van der Waals surface area contributed by atoms with E-state index in [0.717, 1.165) is 18.2 Å². The van der Waals surface area contributed by atoms with Crippen LogP contribution in [0.2, 0.25) is 5.02 Å². The monoisotopic (exact) mass is 424 g/mol. The first-order valence-electron chi connectivity index (χ1n) is 7.89. The van der Waals surface area contributed by atoms with Gasteiger partial charge < -0.3 is 9.15 Å². The van der Waals surface area contributed by atoms with Gasteiger partial charge in [-0.25, -0.2) is 12.8 Å². The van der Waals surface area contributed by atoms with Crippen LogP contribution in [0.4, 0.5) is 4.39 Å². The molecule has 0 aliphatic carbocycles. The molecule has 0 aliphatic rings. The second-order valence-corrected chi connectivity index (χ2v) is 7.59. The van der Waals surface area contributed by atoms with Crippen LogP contribution in [0.25, 0.3) is 0 Å². The molecule has 28 heavy (non-hydrogen) atoms. The van der Waals surface area contributed by atoms with Gasteiger partial charge in [0, 0.05) is 0 Å². The molecule has 0 fully saturated rings. The van der Waals surface area contributed by atoms with E-state index in [1.165, 1.54) is 12.1 Å². The molecule has 2 N–H and O–H groups in total. The zero-order valence-electron chi connectivity index (χ0n) is 14.2. The van der Waals surface area contributed by atoms with Crippen LogP contribution in [-0.4, -0.2) is 14.3 Å². The number of benzene rings is 2. The minimum Gasteiger partial charge on any atom is -0.486 e. The Balaban J connectivity index is 1.59. The number of hydrogen-bond acceptors (Lipinski definition) is 5. The molecule has 2 aromatic carbocycles. The van der Waals surface area contributed by atoms with E-state index in [4.69, 9.17) is 20.8 Å². The third-order valence-electron chi connectivity index (χ3n) is 3.51. The molecule has 0 spiro atoms.